The number of Topliss-reactive ketones (excluding diaryl/α,β-unsaturated/α-hetero) is 1. The van der Waals surface area contributed by atoms with E-state index in [2.05, 4.69) is 5.32 Å². The second kappa shape index (κ2) is 10.6. The lowest BCUT2D eigenvalue weighted by molar-refractivity contribution is -0.123. The first kappa shape index (κ1) is 23.7. The Labute approximate surface area is 191 Å². The molecule has 0 atom stereocenters. The highest BCUT2D eigenvalue weighted by Crippen LogP contribution is 2.32. The molecule has 2 aromatic carbocycles. The van der Waals surface area contributed by atoms with Gasteiger partial charge in [0.15, 0.2) is 5.78 Å². The number of carbonyl (C=O) groups is 4. The van der Waals surface area contributed by atoms with Crippen LogP contribution in [0.3, 0.4) is 0 Å². The lowest BCUT2D eigenvalue weighted by Crippen LogP contribution is -2.37. The van der Waals surface area contributed by atoms with Crippen molar-refractivity contribution >= 4 is 52.4 Å². The Balaban J connectivity index is 1.49. The SMILES string of the molecule is CC(=O)c1ccc(SCC(=O)NCCN2C(=O)S/C(=C\c3ccccc3F)C2=O)c(F)c1. The first-order valence-corrected chi connectivity index (χ1v) is 11.3. The van der Waals surface area contributed by atoms with E-state index in [-0.39, 0.29) is 45.6 Å². The van der Waals surface area contributed by atoms with Crippen molar-refractivity contribution in [2.75, 3.05) is 18.8 Å². The van der Waals surface area contributed by atoms with Crippen molar-refractivity contribution in [3.05, 3.63) is 70.1 Å². The van der Waals surface area contributed by atoms with E-state index in [1.54, 1.807) is 6.07 Å². The van der Waals surface area contributed by atoms with Crippen molar-refractivity contribution in [2.45, 2.75) is 11.8 Å². The summed E-state index contributed by atoms with van der Waals surface area (Å²) in [5, 5.41) is 2.07. The molecule has 166 valence electrons. The molecule has 1 aliphatic rings. The summed E-state index contributed by atoms with van der Waals surface area (Å²) in [5.74, 6) is -2.38. The molecule has 6 nitrogen and oxygen atoms in total. The molecule has 0 radical (unpaired) electrons. The third kappa shape index (κ3) is 5.83. The standard InChI is InChI=1S/C22H18F2N2O4S2/c1-13(27)14-6-7-18(17(24)10-14)31-12-20(28)25-8-9-26-21(29)19(32-22(26)30)11-15-4-2-3-5-16(15)23/h2-7,10-11H,8-9,12H2,1H3,(H,25,28)/b19-11-. The Morgan fingerprint density at radius 2 is 1.88 bits per heavy atom. The van der Waals surface area contributed by atoms with E-state index in [0.29, 0.717) is 11.8 Å². The predicted octanol–water partition coefficient (Wildman–Crippen LogP) is 4.11. The Morgan fingerprint density at radius 1 is 1.12 bits per heavy atom. The van der Waals surface area contributed by atoms with Gasteiger partial charge in [-0.2, -0.15) is 0 Å². The Morgan fingerprint density at radius 3 is 2.56 bits per heavy atom. The summed E-state index contributed by atoms with van der Waals surface area (Å²) in [4.78, 5) is 49.2. The minimum atomic E-state index is -0.588. The summed E-state index contributed by atoms with van der Waals surface area (Å²) < 4.78 is 27.8. The van der Waals surface area contributed by atoms with Gasteiger partial charge in [-0.25, -0.2) is 8.78 Å². The van der Waals surface area contributed by atoms with E-state index in [9.17, 15) is 28.0 Å². The minimum Gasteiger partial charge on any atom is -0.354 e. The third-order valence-electron chi connectivity index (χ3n) is 4.42. The first-order chi connectivity index (χ1) is 15.3. The van der Waals surface area contributed by atoms with E-state index in [1.807, 2.05) is 0 Å². The van der Waals surface area contributed by atoms with E-state index in [1.165, 1.54) is 43.3 Å². The fourth-order valence-corrected chi connectivity index (χ4v) is 4.37. The third-order valence-corrected chi connectivity index (χ3v) is 6.38. The van der Waals surface area contributed by atoms with Crippen LogP contribution in [-0.4, -0.2) is 46.6 Å². The fourth-order valence-electron chi connectivity index (χ4n) is 2.76. The summed E-state index contributed by atoms with van der Waals surface area (Å²) in [6.45, 7) is 1.32. The van der Waals surface area contributed by atoms with Crippen molar-refractivity contribution < 1.29 is 28.0 Å². The van der Waals surface area contributed by atoms with Gasteiger partial charge in [-0.05, 0) is 43.0 Å². The monoisotopic (exact) mass is 476 g/mol. The average Bonchev–Trinajstić information content (AvgIpc) is 3.01. The zero-order valence-corrected chi connectivity index (χ0v) is 18.5. The molecule has 1 saturated heterocycles. The highest BCUT2D eigenvalue weighted by atomic mass is 32.2. The van der Waals surface area contributed by atoms with Crippen molar-refractivity contribution in [1.82, 2.24) is 10.2 Å². The maximum atomic E-state index is 14.0. The molecule has 2 aromatic rings. The molecule has 0 bridgehead atoms. The van der Waals surface area contributed by atoms with E-state index in [0.717, 1.165) is 22.7 Å². The van der Waals surface area contributed by atoms with Gasteiger partial charge in [-0.1, -0.05) is 24.3 Å². The van der Waals surface area contributed by atoms with Crippen molar-refractivity contribution in [2.24, 2.45) is 0 Å². The lowest BCUT2D eigenvalue weighted by atomic mass is 10.1. The number of halogens is 2. The van der Waals surface area contributed by atoms with Crippen molar-refractivity contribution in [1.29, 1.82) is 0 Å². The van der Waals surface area contributed by atoms with Crippen LogP contribution in [0.1, 0.15) is 22.8 Å². The van der Waals surface area contributed by atoms with Gasteiger partial charge in [0.25, 0.3) is 11.1 Å². The zero-order valence-electron chi connectivity index (χ0n) is 16.9. The number of amides is 3. The van der Waals surface area contributed by atoms with Gasteiger partial charge in [0.05, 0.1) is 10.7 Å². The second-order valence-electron chi connectivity index (χ2n) is 6.69. The largest absolute Gasteiger partial charge is 0.354 e. The van der Waals surface area contributed by atoms with Crippen LogP contribution in [0.15, 0.2) is 52.3 Å². The topological polar surface area (TPSA) is 83.6 Å². The van der Waals surface area contributed by atoms with Gasteiger partial charge in [0, 0.05) is 29.1 Å². The van der Waals surface area contributed by atoms with Gasteiger partial charge in [0.1, 0.15) is 11.6 Å². The number of ketones is 1. The number of rotatable bonds is 8. The number of nitrogens with one attached hydrogen (secondary N) is 1. The minimum absolute atomic E-state index is 0.0240. The van der Waals surface area contributed by atoms with Crippen LogP contribution in [0.5, 0.6) is 0 Å². The molecule has 0 saturated carbocycles. The van der Waals surface area contributed by atoms with Crippen LogP contribution in [0, 0.1) is 11.6 Å². The fraction of sp³-hybridized carbons (Fsp3) is 0.182. The van der Waals surface area contributed by atoms with E-state index >= 15 is 0 Å². The number of carbonyl (C=O) groups excluding carboxylic acids is 4. The summed E-state index contributed by atoms with van der Waals surface area (Å²) in [6, 6.07) is 9.94. The molecule has 1 heterocycles. The van der Waals surface area contributed by atoms with Crippen LogP contribution < -0.4 is 5.32 Å². The highest BCUT2D eigenvalue weighted by molar-refractivity contribution is 8.18. The molecule has 1 N–H and O–H groups in total. The number of hydrogen-bond donors (Lipinski definition) is 1. The number of thioether (sulfide) groups is 2. The molecule has 32 heavy (non-hydrogen) atoms. The molecule has 3 amide bonds. The maximum absolute atomic E-state index is 14.0. The molecule has 1 aliphatic heterocycles. The van der Waals surface area contributed by atoms with Gasteiger partial charge < -0.3 is 5.32 Å². The smallest absolute Gasteiger partial charge is 0.293 e. The van der Waals surface area contributed by atoms with Crippen LogP contribution in [0.4, 0.5) is 13.6 Å². The Kier molecular flexibility index (Phi) is 7.81. The van der Waals surface area contributed by atoms with Gasteiger partial charge in [0.2, 0.25) is 5.91 Å². The second-order valence-corrected chi connectivity index (χ2v) is 8.71. The molecule has 0 spiro atoms. The van der Waals surface area contributed by atoms with Crippen LogP contribution >= 0.6 is 23.5 Å². The first-order valence-electron chi connectivity index (χ1n) is 9.46. The van der Waals surface area contributed by atoms with Gasteiger partial charge >= 0.3 is 0 Å². The summed E-state index contributed by atoms with van der Waals surface area (Å²) in [5.41, 5.74) is 0.449. The average molecular weight is 477 g/mol. The zero-order chi connectivity index (χ0) is 23.3. The molecule has 3 rings (SSSR count). The van der Waals surface area contributed by atoms with Gasteiger partial charge in [-0.15, -0.1) is 11.8 Å². The van der Waals surface area contributed by atoms with Crippen LogP contribution in [0.25, 0.3) is 6.08 Å². The van der Waals surface area contributed by atoms with Crippen molar-refractivity contribution in [3.63, 3.8) is 0 Å². The number of hydrogen-bond acceptors (Lipinski definition) is 6. The van der Waals surface area contributed by atoms with Gasteiger partial charge in [-0.3, -0.25) is 24.1 Å². The molecule has 0 aromatic heterocycles. The number of nitrogens with zero attached hydrogens (tertiary/aromatic N) is 1. The molecule has 0 aliphatic carbocycles. The summed E-state index contributed by atoms with van der Waals surface area (Å²) in [7, 11) is 0. The van der Waals surface area contributed by atoms with E-state index in [4.69, 9.17) is 0 Å². The molecular formula is C22H18F2N2O4S2. The molecule has 10 heteroatoms. The van der Waals surface area contributed by atoms with Crippen LogP contribution in [0.2, 0.25) is 0 Å². The molecule has 1 fully saturated rings. The summed E-state index contributed by atoms with van der Waals surface area (Å²) >= 11 is 1.67. The maximum Gasteiger partial charge on any atom is 0.293 e. The van der Waals surface area contributed by atoms with Crippen molar-refractivity contribution in [3.8, 4) is 0 Å². The normalized spacial score (nSPS) is 14.8. The van der Waals surface area contributed by atoms with Crippen LogP contribution in [-0.2, 0) is 9.59 Å². The highest BCUT2D eigenvalue weighted by Gasteiger charge is 2.34. The predicted molar refractivity (Wildman–Crippen MR) is 119 cm³/mol. The number of benzene rings is 2. The quantitative estimate of drug-likeness (QED) is 0.351. The van der Waals surface area contributed by atoms with E-state index < -0.39 is 28.7 Å². The molecule has 0 unspecified atom stereocenters. The molecular weight excluding hydrogens is 458 g/mol. The lowest BCUT2D eigenvalue weighted by Gasteiger charge is -2.13. The number of imide groups is 1. The Bertz CT molecular complexity index is 1120. The summed E-state index contributed by atoms with van der Waals surface area (Å²) in [6.07, 6.45) is 1.32. The Hall–Kier alpha value is -2.98.